The molecule has 0 radical (unpaired) electrons. The molecule has 1 aromatic rings. The minimum Gasteiger partial charge on any atom is -0.385 e. The number of carbonyl (C=O) groups excluding carboxylic acids is 2. The first kappa shape index (κ1) is 17.4. The van der Waals surface area contributed by atoms with Crippen molar-refractivity contribution in [1.82, 2.24) is 14.8 Å². The van der Waals surface area contributed by atoms with Crippen LogP contribution in [-0.4, -0.2) is 59.9 Å². The maximum absolute atomic E-state index is 12.8. The lowest BCUT2D eigenvalue weighted by atomic mass is 10.1. The monoisotopic (exact) mass is 319 g/mol. The zero-order valence-corrected chi connectivity index (χ0v) is 13.9. The van der Waals surface area contributed by atoms with Crippen LogP contribution in [0, 0.1) is 5.92 Å². The minimum atomic E-state index is -0.230. The number of aromatic nitrogens is 1. The lowest BCUT2D eigenvalue weighted by Crippen LogP contribution is -2.38. The van der Waals surface area contributed by atoms with Crippen molar-refractivity contribution in [2.45, 2.75) is 26.3 Å². The number of hydrogen-bond donors (Lipinski definition) is 0. The Bertz CT molecular complexity index is 521. The zero-order chi connectivity index (χ0) is 16.7. The van der Waals surface area contributed by atoms with E-state index >= 15 is 0 Å². The van der Waals surface area contributed by atoms with Crippen LogP contribution in [0.25, 0.3) is 0 Å². The number of rotatable bonds is 8. The first-order valence-corrected chi connectivity index (χ1v) is 8.10. The fourth-order valence-corrected chi connectivity index (χ4v) is 2.88. The second-order valence-electron chi connectivity index (χ2n) is 5.80. The summed E-state index contributed by atoms with van der Waals surface area (Å²) in [5.74, 6) is -0.0966. The third kappa shape index (κ3) is 4.76. The highest BCUT2D eigenvalue weighted by Gasteiger charge is 2.35. The maximum atomic E-state index is 12.8. The summed E-state index contributed by atoms with van der Waals surface area (Å²) in [5.41, 5.74) is 1.04. The van der Waals surface area contributed by atoms with Crippen molar-refractivity contribution in [3.63, 3.8) is 0 Å². The molecule has 1 fully saturated rings. The summed E-state index contributed by atoms with van der Waals surface area (Å²) in [6.45, 7) is 4.93. The molecule has 0 aliphatic carbocycles. The average molecular weight is 319 g/mol. The number of carbonyl (C=O) groups is 2. The van der Waals surface area contributed by atoms with Gasteiger partial charge >= 0.3 is 0 Å². The Labute approximate surface area is 137 Å². The number of methoxy groups -OCH3 is 1. The fraction of sp³-hybridized carbons (Fsp3) is 0.588. The molecular weight excluding hydrogens is 294 g/mol. The largest absolute Gasteiger partial charge is 0.385 e. The molecule has 1 saturated heterocycles. The van der Waals surface area contributed by atoms with Crippen LogP contribution < -0.4 is 0 Å². The van der Waals surface area contributed by atoms with Gasteiger partial charge in [0.15, 0.2) is 0 Å². The van der Waals surface area contributed by atoms with E-state index in [0.717, 1.165) is 12.0 Å². The van der Waals surface area contributed by atoms with Crippen molar-refractivity contribution in [1.29, 1.82) is 0 Å². The van der Waals surface area contributed by atoms with Gasteiger partial charge < -0.3 is 14.5 Å². The summed E-state index contributed by atoms with van der Waals surface area (Å²) in [4.78, 5) is 32.3. The molecule has 2 rings (SSSR count). The van der Waals surface area contributed by atoms with Gasteiger partial charge in [0.1, 0.15) is 0 Å². The minimum absolute atomic E-state index is 0.0576. The quantitative estimate of drug-likeness (QED) is 0.678. The molecular formula is C17H25N3O3. The average Bonchev–Trinajstić information content (AvgIpc) is 2.95. The van der Waals surface area contributed by atoms with Crippen molar-refractivity contribution >= 4 is 11.8 Å². The van der Waals surface area contributed by atoms with Crippen LogP contribution >= 0.6 is 0 Å². The first-order valence-electron chi connectivity index (χ1n) is 8.10. The van der Waals surface area contributed by atoms with E-state index in [1.807, 2.05) is 24.0 Å². The molecule has 2 amide bonds. The Hall–Kier alpha value is -1.95. The zero-order valence-electron chi connectivity index (χ0n) is 13.9. The SMILES string of the molecule is CCN1CC(C(=O)N(CCCOC)Cc2ccncc2)CC1=O. The second kappa shape index (κ2) is 8.62. The lowest BCUT2D eigenvalue weighted by molar-refractivity contribution is -0.136. The molecule has 1 atom stereocenters. The van der Waals surface area contributed by atoms with E-state index in [4.69, 9.17) is 4.74 Å². The van der Waals surface area contributed by atoms with Gasteiger partial charge in [-0.05, 0) is 31.0 Å². The molecule has 23 heavy (non-hydrogen) atoms. The van der Waals surface area contributed by atoms with Crippen molar-refractivity contribution in [3.05, 3.63) is 30.1 Å². The smallest absolute Gasteiger partial charge is 0.228 e. The highest BCUT2D eigenvalue weighted by Crippen LogP contribution is 2.21. The van der Waals surface area contributed by atoms with E-state index in [0.29, 0.717) is 39.2 Å². The van der Waals surface area contributed by atoms with E-state index in [9.17, 15) is 9.59 Å². The molecule has 6 nitrogen and oxygen atoms in total. The number of pyridine rings is 1. The topological polar surface area (TPSA) is 62.7 Å². The first-order chi connectivity index (χ1) is 11.2. The van der Waals surface area contributed by atoms with Crippen molar-refractivity contribution < 1.29 is 14.3 Å². The second-order valence-corrected chi connectivity index (χ2v) is 5.80. The van der Waals surface area contributed by atoms with Gasteiger partial charge in [-0.15, -0.1) is 0 Å². The predicted molar refractivity (Wildman–Crippen MR) is 86.5 cm³/mol. The van der Waals surface area contributed by atoms with Gasteiger partial charge in [0, 0.05) is 58.7 Å². The number of amides is 2. The molecule has 0 N–H and O–H groups in total. The van der Waals surface area contributed by atoms with Crippen LogP contribution in [0.4, 0.5) is 0 Å². The Balaban J connectivity index is 2.03. The van der Waals surface area contributed by atoms with Gasteiger partial charge in [-0.1, -0.05) is 0 Å². The fourth-order valence-electron chi connectivity index (χ4n) is 2.88. The van der Waals surface area contributed by atoms with Gasteiger partial charge in [-0.25, -0.2) is 0 Å². The van der Waals surface area contributed by atoms with Gasteiger partial charge in [-0.3, -0.25) is 14.6 Å². The van der Waals surface area contributed by atoms with Crippen LogP contribution in [0.15, 0.2) is 24.5 Å². The third-order valence-electron chi connectivity index (χ3n) is 4.16. The molecule has 2 heterocycles. The summed E-state index contributed by atoms with van der Waals surface area (Å²) in [6, 6.07) is 3.82. The molecule has 1 aromatic heterocycles. The summed E-state index contributed by atoms with van der Waals surface area (Å²) in [7, 11) is 1.66. The lowest BCUT2D eigenvalue weighted by Gasteiger charge is -2.25. The van der Waals surface area contributed by atoms with E-state index < -0.39 is 0 Å². The molecule has 126 valence electrons. The van der Waals surface area contributed by atoms with E-state index in [2.05, 4.69) is 4.98 Å². The van der Waals surface area contributed by atoms with Crippen LogP contribution in [-0.2, 0) is 20.9 Å². The molecule has 0 spiro atoms. The van der Waals surface area contributed by atoms with Gasteiger partial charge in [0.2, 0.25) is 11.8 Å². The van der Waals surface area contributed by atoms with Gasteiger partial charge in [0.25, 0.3) is 0 Å². The van der Waals surface area contributed by atoms with Crippen LogP contribution in [0.1, 0.15) is 25.3 Å². The highest BCUT2D eigenvalue weighted by molar-refractivity contribution is 5.89. The number of likely N-dealkylation sites (tertiary alicyclic amines) is 1. The van der Waals surface area contributed by atoms with Gasteiger partial charge in [-0.2, -0.15) is 0 Å². The third-order valence-corrected chi connectivity index (χ3v) is 4.16. The summed E-state index contributed by atoms with van der Waals surface area (Å²) < 4.78 is 5.09. The molecule has 0 aromatic carbocycles. The van der Waals surface area contributed by atoms with Crippen molar-refractivity contribution in [2.24, 2.45) is 5.92 Å². The van der Waals surface area contributed by atoms with E-state index in [1.165, 1.54) is 0 Å². The van der Waals surface area contributed by atoms with Crippen molar-refractivity contribution in [3.8, 4) is 0 Å². The Kier molecular flexibility index (Phi) is 6.52. The molecule has 0 bridgehead atoms. The Morgan fingerprint density at radius 1 is 1.43 bits per heavy atom. The Morgan fingerprint density at radius 3 is 2.78 bits per heavy atom. The van der Waals surface area contributed by atoms with Crippen LogP contribution in [0.2, 0.25) is 0 Å². The van der Waals surface area contributed by atoms with Crippen LogP contribution in [0.3, 0.4) is 0 Å². The highest BCUT2D eigenvalue weighted by atomic mass is 16.5. The molecule has 1 aliphatic heterocycles. The molecule has 6 heteroatoms. The number of hydrogen-bond acceptors (Lipinski definition) is 4. The molecule has 1 unspecified atom stereocenters. The summed E-state index contributed by atoms with van der Waals surface area (Å²) in [5, 5.41) is 0. The standard InChI is InChI=1S/C17H25N3O3/c1-3-19-13-15(11-16(19)21)17(22)20(9-4-10-23-2)12-14-5-7-18-8-6-14/h5-8,15H,3-4,9-13H2,1-2H3. The summed E-state index contributed by atoms with van der Waals surface area (Å²) >= 11 is 0. The van der Waals surface area contributed by atoms with Gasteiger partial charge in [0.05, 0.1) is 5.92 Å². The Morgan fingerprint density at radius 2 is 2.17 bits per heavy atom. The van der Waals surface area contributed by atoms with Crippen LogP contribution in [0.5, 0.6) is 0 Å². The molecule has 0 saturated carbocycles. The number of nitrogens with zero attached hydrogens (tertiary/aromatic N) is 3. The predicted octanol–water partition coefficient (Wildman–Crippen LogP) is 1.32. The normalized spacial score (nSPS) is 17.6. The van der Waals surface area contributed by atoms with E-state index in [-0.39, 0.29) is 17.7 Å². The number of ether oxygens (including phenoxy) is 1. The maximum Gasteiger partial charge on any atom is 0.228 e. The summed E-state index contributed by atoms with van der Waals surface area (Å²) in [6.07, 6.45) is 4.56. The van der Waals surface area contributed by atoms with Crippen molar-refractivity contribution in [2.75, 3.05) is 33.4 Å². The molecule has 1 aliphatic rings. The van der Waals surface area contributed by atoms with E-state index in [1.54, 1.807) is 24.4 Å².